The van der Waals surface area contributed by atoms with E-state index >= 15 is 0 Å². The van der Waals surface area contributed by atoms with Crippen molar-refractivity contribution < 1.29 is 14.3 Å². The normalized spacial score (nSPS) is 17.8. The second-order valence-corrected chi connectivity index (χ2v) is 11.1. The lowest BCUT2D eigenvalue weighted by Gasteiger charge is -2.32. The van der Waals surface area contributed by atoms with Crippen molar-refractivity contribution in [2.75, 3.05) is 24.4 Å². The van der Waals surface area contributed by atoms with E-state index in [0.29, 0.717) is 23.2 Å². The number of carbonyl (C=O) groups is 1. The van der Waals surface area contributed by atoms with Crippen LogP contribution < -0.4 is 10.1 Å². The van der Waals surface area contributed by atoms with Gasteiger partial charge in [-0.1, -0.05) is 36.5 Å². The number of fused-ring (bicyclic) bond motifs is 5. The van der Waals surface area contributed by atoms with E-state index in [-0.39, 0.29) is 17.3 Å². The molecule has 178 valence electrons. The molecule has 0 saturated heterocycles. The summed E-state index contributed by atoms with van der Waals surface area (Å²) >= 11 is 4.57. The van der Waals surface area contributed by atoms with E-state index in [2.05, 4.69) is 29.4 Å². The molecule has 0 radical (unpaired) electrons. The topological polar surface area (TPSA) is 90.6 Å². The van der Waals surface area contributed by atoms with Gasteiger partial charge in [0, 0.05) is 23.1 Å². The molecule has 1 aromatic carbocycles. The summed E-state index contributed by atoms with van der Waals surface area (Å²) in [6.07, 6.45) is 3.75. The average molecular weight is 516 g/mol. The molecule has 0 fully saturated rings. The molecule has 8 nitrogen and oxygen atoms in total. The maximum atomic E-state index is 12.6. The van der Waals surface area contributed by atoms with Crippen LogP contribution in [-0.2, 0) is 22.6 Å². The first-order valence-corrected chi connectivity index (χ1v) is 13.9. The zero-order chi connectivity index (χ0) is 23.9. The Morgan fingerprint density at radius 2 is 2.21 bits per heavy atom. The fraction of sp³-hybridized carbons (Fsp3) is 0.391. The Balaban J connectivity index is 1.45. The number of methoxy groups -OCH3 is 1. The van der Waals surface area contributed by atoms with Crippen molar-refractivity contribution in [1.82, 2.24) is 19.6 Å². The van der Waals surface area contributed by atoms with E-state index in [1.807, 2.05) is 28.9 Å². The molecule has 0 aliphatic carbocycles. The summed E-state index contributed by atoms with van der Waals surface area (Å²) in [7, 11) is 1.60. The van der Waals surface area contributed by atoms with Crippen LogP contribution in [0.3, 0.4) is 0 Å². The maximum Gasteiger partial charge on any atom is 0.234 e. The van der Waals surface area contributed by atoms with Crippen molar-refractivity contribution in [2.45, 2.75) is 49.2 Å². The number of hydrogen-bond donors (Lipinski definition) is 1. The van der Waals surface area contributed by atoms with Gasteiger partial charge in [0.05, 0.1) is 30.5 Å². The fourth-order valence-corrected chi connectivity index (χ4v) is 6.49. The second-order valence-electron chi connectivity index (χ2n) is 8.26. The van der Waals surface area contributed by atoms with E-state index in [0.717, 1.165) is 33.9 Å². The van der Waals surface area contributed by atoms with Gasteiger partial charge in [-0.05, 0) is 37.3 Å². The Bertz CT molecular complexity index is 1390. The third-order valence-electron chi connectivity index (χ3n) is 6.04. The van der Waals surface area contributed by atoms with Crippen LogP contribution in [0.25, 0.3) is 15.9 Å². The van der Waals surface area contributed by atoms with Crippen LogP contribution in [0.4, 0.5) is 5.69 Å². The quantitative estimate of drug-likeness (QED) is 0.270. The van der Waals surface area contributed by atoms with Gasteiger partial charge in [-0.2, -0.15) is 0 Å². The minimum absolute atomic E-state index is 0.126. The number of hydrogen-bond acceptors (Lipinski definition) is 9. The molecule has 0 spiro atoms. The lowest BCUT2D eigenvalue weighted by atomic mass is 9.90. The maximum absolute atomic E-state index is 12.6. The molecule has 34 heavy (non-hydrogen) atoms. The van der Waals surface area contributed by atoms with Crippen LogP contribution >= 0.6 is 34.9 Å². The Kier molecular flexibility index (Phi) is 6.45. The Morgan fingerprint density at radius 3 is 2.97 bits per heavy atom. The molecular weight excluding hydrogens is 490 g/mol. The van der Waals surface area contributed by atoms with Gasteiger partial charge in [0.1, 0.15) is 10.6 Å². The van der Waals surface area contributed by atoms with Gasteiger partial charge in [-0.15, -0.1) is 21.5 Å². The number of thiophene rings is 1. The van der Waals surface area contributed by atoms with Gasteiger partial charge in [0.25, 0.3) is 0 Å². The van der Waals surface area contributed by atoms with Crippen LogP contribution in [0.15, 0.2) is 34.6 Å². The third kappa shape index (κ3) is 4.26. The monoisotopic (exact) mass is 515 g/mol. The molecule has 11 heteroatoms. The predicted molar refractivity (Wildman–Crippen MR) is 137 cm³/mol. The van der Waals surface area contributed by atoms with Crippen molar-refractivity contribution in [3.8, 4) is 5.75 Å². The highest BCUT2D eigenvalue weighted by Crippen LogP contribution is 2.42. The zero-order valence-electron chi connectivity index (χ0n) is 19.4. The number of ether oxygens (including phenoxy) is 2. The first-order valence-electron chi connectivity index (χ1n) is 10.9. The van der Waals surface area contributed by atoms with E-state index < -0.39 is 0 Å². The zero-order valence-corrected chi connectivity index (χ0v) is 21.8. The molecule has 1 atom stereocenters. The molecule has 5 rings (SSSR count). The van der Waals surface area contributed by atoms with Crippen molar-refractivity contribution in [3.05, 3.63) is 34.7 Å². The Morgan fingerprint density at radius 1 is 1.35 bits per heavy atom. The Labute approximate surface area is 209 Å². The third-order valence-corrected chi connectivity index (χ3v) is 8.70. The van der Waals surface area contributed by atoms with Gasteiger partial charge in [-0.25, -0.2) is 9.38 Å². The number of thioether (sulfide) groups is 2. The summed E-state index contributed by atoms with van der Waals surface area (Å²) in [4.78, 5) is 19.7. The highest BCUT2D eigenvalue weighted by molar-refractivity contribution is 8.00. The van der Waals surface area contributed by atoms with Crippen LogP contribution in [0.2, 0.25) is 0 Å². The number of nitrogens with one attached hydrogen (secondary N) is 1. The van der Waals surface area contributed by atoms with Crippen molar-refractivity contribution >= 4 is 62.3 Å². The predicted octanol–water partition coefficient (Wildman–Crippen LogP) is 5.04. The highest BCUT2D eigenvalue weighted by Gasteiger charge is 2.33. The molecule has 3 aromatic heterocycles. The van der Waals surface area contributed by atoms with E-state index in [9.17, 15) is 4.79 Å². The molecule has 0 saturated carbocycles. The number of carbonyl (C=O) groups excluding carboxylic acids is 1. The molecular formula is C23H25N5O3S3. The van der Waals surface area contributed by atoms with Crippen molar-refractivity contribution in [1.29, 1.82) is 0 Å². The van der Waals surface area contributed by atoms with Crippen molar-refractivity contribution in [2.24, 2.45) is 0 Å². The average Bonchev–Trinajstić information content (AvgIpc) is 3.43. The van der Waals surface area contributed by atoms with Crippen LogP contribution in [0.1, 0.15) is 30.7 Å². The largest absolute Gasteiger partial charge is 0.497 e. The highest BCUT2D eigenvalue weighted by atomic mass is 32.2. The summed E-state index contributed by atoms with van der Waals surface area (Å²) < 4.78 is 13.3. The van der Waals surface area contributed by atoms with Crippen LogP contribution in [0, 0.1) is 0 Å². The summed E-state index contributed by atoms with van der Waals surface area (Å²) in [6, 6.07) is 7.29. The van der Waals surface area contributed by atoms with E-state index in [1.165, 1.54) is 22.2 Å². The lowest BCUT2D eigenvalue weighted by molar-refractivity contribution is -0.113. The minimum Gasteiger partial charge on any atom is -0.497 e. The second kappa shape index (κ2) is 9.37. The number of aromatic nitrogens is 4. The molecule has 1 aliphatic rings. The molecule has 1 unspecified atom stereocenters. The van der Waals surface area contributed by atoms with E-state index in [4.69, 9.17) is 14.5 Å². The van der Waals surface area contributed by atoms with Gasteiger partial charge in [0.2, 0.25) is 5.91 Å². The first-order chi connectivity index (χ1) is 16.4. The summed E-state index contributed by atoms with van der Waals surface area (Å²) in [5.41, 5.74) is 2.56. The molecule has 4 aromatic rings. The number of amides is 1. The smallest absolute Gasteiger partial charge is 0.234 e. The van der Waals surface area contributed by atoms with Gasteiger partial charge in [-0.3, -0.25) is 4.79 Å². The molecule has 0 bridgehead atoms. The SMILES string of the molecule is CCC1(C)Cc2c(sc3nc(SC)n4c(SCC(=O)Nc5cccc(OC)c5)nnc4c23)CO1. The Hall–Kier alpha value is -2.34. The van der Waals surface area contributed by atoms with Gasteiger partial charge in [0.15, 0.2) is 16.0 Å². The number of anilines is 1. The first kappa shape index (κ1) is 23.4. The van der Waals surface area contributed by atoms with Gasteiger partial charge < -0.3 is 14.8 Å². The van der Waals surface area contributed by atoms with E-state index in [1.54, 1.807) is 36.3 Å². The summed E-state index contributed by atoms with van der Waals surface area (Å²) in [6.45, 7) is 4.91. The van der Waals surface area contributed by atoms with Crippen LogP contribution in [-0.4, -0.2) is 50.2 Å². The van der Waals surface area contributed by atoms with Crippen molar-refractivity contribution in [3.63, 3.8) is 0 Å². The molecule has 1 aliphatic heterocycles. The van der Waals surface area contributed by atoms with Crippen LogP contribution in [0.5, 0.6) is 5.75 Å². The molecule has 1 amide bonds. The van der Waals surface area contributed by atoms with Gasteiger partial charge >= 0.3 is 0 Å². The molecule has 1 N–H and O–H groups in total. The minimum atomic E-state index is -0.189. The number of rotatable bonds is 7. The number of benzene rings is 1. The summed E-state index contributed by atoms with van der Waals surface area (Å²) in [5, 5.41) is 14.4. The number of nitrogens with zero attached hydrogens (tertiary/aromatic N) is 4. The molecule has 4 heterocycles. The fourth-order valence-electron chi connectivity index (χ4n) is 4.00. The lowest BCUT2D eigenvalue weighted by Crippen LogP contribution is -2.33. The summed E-state index contributed by atoms with van der Waals surface area (Å²) in [5.74, 6) is 0.767. The standard InChI is InChI=1S/C23H25N5O3S3/c1-5-23(2)10-15-16(11-31-23)34-20-18(15)19-26-27-22(28(19)21(25-20)32-4)33-12-17(29)24-13-7-6-8-14(9-13)30-3/h6-9H,5,10-12H2,1-4H3,(H,24,29).